The van der Waals surface area contributed by atoms with Crippen LogP contribution in [0.15, 0.2) is 29.2 Å². The van der Waals surface area contributed by atoms with Gasteiger partial charge in [0, 0.05) is 24.9 Å². The van der Waals surface area contributed by atoms with Crippen LogP contribution in [-0.4, -0.2) is 30.6 Å². The van der Waals surface area contributed by atoms with Crippen LogP contribution in [-0.2, 0) is 21.0 Å². The Balaban J connectivity index is 1.67. The van der Waals surface area contributed by atoms with E-state index in [1.165, 1.54) is 4.31 Å². The van der Waals surface area contributed by atoms with Gasteiger partial charge in [-0.3, -0.25) is 4.79 Å². The van der Waals surface area contributed by atoms with E-state index in [9.17, 15) is 26.4 Å². The van der Waals surface area contributed by atoms with Crippen molar-refractivity contribution in [2.75, 3.05) is 0 Å². The van der Waals surface area contributed by atoms with Gasteiger partial charge in [-0.15, -0.1) is 0 Å². The fraction of sp³-hybridized carbons (Fsp3) is 0.588. The molecule has 3 fully saturated rings. The molecule has 2 aliphatic heterocycles. The number of rotatable bonds is 3. The molecule has 3 aliphatic rings. The second-order valence-electron chi connectivity index (χ2n) is 7.26. The monoisotopic (exact) mass is 373 g/mol. The Hall–Kier alpha value is -1.41. The second-order valence-corrected chi connectivity index (χ2v) is 9.11. The summed E-state index contributed by atoms with van der Waals surface area (Å²) < 4.78 is 65.6. The molecule has 1 aromatic carbocycles. The summed E-state index contributed by atoms with van der Waals surface area (Å²) in [6.07, 6.45) is -1.26. The summed E-state index contributed by atoms with van der Waals surface area (Å²) in [7, 11) is -3.91. The van der Waals surface area contributed by atoms with Gasteiger partial charge in [-0.2, -0.15) is 17.5 Å². The molecule has 8 heteroatoms. The number of nitrogens with zero attached hydrogens (tertiary/aromatic N) is 1. The number of alkyl halides is 3. The number of hydrogen-bond donors (Lipinski definition) is 0. The lowest BCUT2D eigenvalue weighted by Crippen LogP contribution is -2.47. The van der Waals surface area contributed by atoms with Gasteiger partial charge in [0.25, 0.3) is 0 Å². The minimum absolute atomic E-state index is 0.0806. The summed E-state index contributed by atoms with van der Waals surface area (Å²) in [6.45, 7) is 0. The molecule has 1 aliphatic carbocycles. The van der Waals surface area contributed by atoms with Crippen molar-refractivity contribution in [1.29, 1.82) is 0 Å². The highest BCUT2D eigenvalue weighted by Crippen LogP contribution is 2.51. The number of halogens is 3. The number of hydrogen-bond acceptors (Lipinski definition) is 3. The van der Waals surface area contributed by atoms with Crippen molar-refractivity contribution in [2.45, 2.75) is 55.3 Å². The Bertz CT molecular complexity index is 799. The van der Waals surface area contributed by atoms with Crippen molar-refractivity contribution in [3.05, 3.63) is 29.8 Å². The molecule has 0 radical (unpaired) electrons. The first-order valence-electron chi connectivity index (χ1n) is 8.40. The fourth-order valence-corrected chi connectivity index (χ4v) is 6.24. The van der Waals surface area contributed by atoms with Gasteiger partial charge in [-0.25, -0.2) is 8.42 Å². The smallest absolute Gasteiger partial charge is 0.300 e. The number of benzene rings is 1. The lowest BCUT2D eigenvalue weighted by atomic mass is 9.93. The minimum atomic E-state index is -4.50. The van der Waals surface area contributed by atoms with Crippen molar-refractivity contribution in [3.63, 3.8) is 0 Å². The summed E-state index contributed by atoms with van der Waals surface area (Å²) >= 11 is 0. The standard InChI is InChI=1S/C17H18F3NO3S/c18-17(19,20)11-3-5-14(6-4-11)25(23,24)21-12-7-13(22)9-16(21)15(8-12)10-1-2-10/h3-6,10,12,15-16H,1-2,7-9H2. The molecule has 136 valence electrons. The van der Waals surface area contributed by atoms with Crippen molar-refractivity contribution >= 4 is 15.8 Å². The minimum Gasteiger partial charge on any atom is -0.300 e. The molecule has 1 saturated carbocycles. The van der Waals surface area contributed by atoms with Crippen LogP contribution in [0.1, 0.15) is 37.7 Å². The van der Waals surface area contributed by atoms with Gasteiger partial charge in [0.05, 0.1) is 10.5 Å². The van der Waals surface area contributed by atoms with Crippen LogP contribution in [0.2, 0.25) is 0 Å². The van der Waals surface area contributed by atoms with Crippen molar-refractivity contribution < 1.29 is 26.4 Å². The molecule has 0 amide bonds. The predicted molar refractivity (Wildman–Crippen MR) is 83.1 cm³/mol. The summed E-state index contributed by atoms with van der Waals surface area (Å²) in [6, 6.07) is 2.92. The third-order valence-corrected chi connectivity index (χ3v) is 7.60. The molecule has 0 spiro atoms. The number of ketones is 1. The molecule has 2 heterocycles. The molecule has 2 bridgehead atoms. The van der Waals surface area contributed by atoms with Crippen LogP contribution in [0.4, 0.5) is 13.2 Å². The maximum atomic E-state index is 13.0. The first-order chi connectivity index (χ1) is 11.7. The number of Topliss-reactive ketones (excluding diaryl/α,β-unsaturated/α-hetero) is 1. The van der Waals surface area contributed by atoms with E-state index in [0.717, 1.165) is 37.1 Å². The largest absolute Gasteiger partial charge is 0.416 e. The third kappa shape index (κ3) is 2.89. The molecule has 25 heavy (non-hydrogen) atoms. The zero-order chi connectivity index (χ0) is 18.0. The fourth-order valence-electron chi connectivity index (χ4n) is 4.37. The Labute approximate surface area is 144 Å². The van der Waals surface area contributed by atoms with Gasteiger partial charge in [0.1, 0.15) is 5.78 Å². The Morgan fingerprint density at radius 3 is 2.24 bits per heavy atom. The van der Waals surface area contributed by atoms with Gasteiger partial charge < -0.3 is 0 Å². The highest BCUT2D eigenvalue weighted by atomic mass is 32.2. The van der Waals surface area contributed by atoms with Crippen LogP contribution in [0.3, 0.4) is 0 Å². The highest BCUT2D eigenvalue weighted by molar-refractivity contribution is 7.89. The first-order valence-corrected chi connectivity index (χ1v) is 9.84. The number of sulfonamides is 1. The van der Waals surface area contributed by atoms with E-state index in [1.54, 1.807) is 0 Å². The number of piperidine rings is 1. The average Bonchev–Trinajstić information content (AvgIpc) is 3.32. The van der Waals surface area contributed by atoms with Crippen LogP contribution in [0, 0.1) is 11.8 Å². The maximum absolute atomic E-state index is 13.0. The summed E-state index contributed by atoms with van der Waals surface area (Å²) in [5.74, 6) is 0.754. The number of fused-ring (bicyclic) bond motifs is 2. The molecule has 0 aromatic heterocycles. The van der Waals surface area contributed by atoms with Crippen molar-refractivity contribution in [1.82, 2.24) is 4.31 Å². The molecular weight excluding hydrogens is 355 g/mol. The van der Waals surface area contributed by atoms with Crippen molar-refractivity contribution in [2.24, 2.45) is 11.8 Å². The third-order valence-electron chi connectivity index (χ3n) is 5.61. The zero-order valence-corrected chi connectivity index (χ0v) is 14.2. The normalized spacial score (nSPS) is 30.7. The molecule has 3 unspecified atom stereocenters. The number of carbonyl (C=O) groups is 1. The van der Waals surface area contributed by atoms with Crippen molar-refractivity contribution in [3.8, 4) is 0 Å². The molecule has 4 nitrogen and oxygen atoms in total. The van der Waals surface area contributed by atoms with Gasteiger partial charge in [-0.1, -0.05) is 0 Å². The quantitative estimate of drug-likeness (QED) is 0.817. The maximum Gasteiger partial charge on any atom is 0.416 e. The Morgan fingerprint density at radius 2 is 1.68 bits per heavy atom. The molecule has 4 rings (SSSR count). The lowest BCUT2D eigenvalue weighted by Gasteiger charge is -2.34. The van der Waals surface area contributed by atoms with Gasteiger partial charge in [0.15, 0.2) is 0 Å². The van der Waals surface area contributed by atoms with Crippen LogP contribution < -0.4 is 0 Å². The summed E-state index contributed by atoms with van der Waals surface area (Å²) in [5.41, 5.74) is -0.876. The first kappa shape index (κ1) is 17.0. The van der Waals surface area contributed by atoms with E-state index in [2.05, 4.69) is 0 Å². The molecule has 1 aromatic rings. The van der Waals surface area contributed by atoms with E-state index in [-0.39, 0.29) is 41.5 Å². The lowest BCUT2D eigenvalue weighted by molar-refractivity contribution is -0.137. The van der Waals surface area contributed by atoms with E-state index >= 15 is 0 Å². The van der Waals surface area contributed by atoms with Gasteiger partial charge in [0.2, 0.25) is 10.0 Å². The highest BCUT2D eigenvalue weighted by Gasteiger charge is 2.55. The molecule has 3 atom stereocenters. The van der Waals surface area contributed by atoms with E-state index in [1.807, 2.05) is 0 Å². The molecule has 2 saturated heterocycles. The molecule has 0 N–H and O–H groups in total. The molecular formula is C17H18F3NO3S. The predicted octanol–water partition coefficient (Wildman–Crippen LogP) is 3.23. The van der Waals surface area contributed by atoms with E-state index in [0.29, 0.717) is 12.3 Å². The Kier molecular flexibility index (Phi) is 3.77. The zero-order valence-electron chi connectivity index (χ0n) is 13.4. The average molecular weight is 373 g/mol. The van der Waals surface area contributed by atoms with Gasteiger partial charge in [-0.05, 0) is 55.4 Å². The number of carbonyl (C=O) groups excluding carboxylic acids is 1. The topological polar surface area (TPSA) is 54.5 Å². The van der Waals surface area contributed by atoms with Crippen LogP contribution in [0.5, 0.6) is 0 Å². The summed E-state index contributed by atoms with van der Waals surface area (Å²) in [5, 5.41) is 0. The van der Waals surface area contributed by atoms with Crippen LogP contribution >= 0.6 is 0 Å². The van der Waals surface area contributed by atoms with Gasteiger partial charge >= 0.3 is 6.18 Å². The second kappa shape index (κ2) is 5.54. The Morgan fingerprint density at radius 1 is 1.04 bits per heavy atom. The van der Waals surface area contributed by atoms with E-state index in [4.69, 9.17) is 0 Å². The van der Waals surface area contributed by atoms with Crippen LogP contribution in [0.25, 0.3) is 0 Å². The summed E-state index contributed by atoms with van der Waals surface area (Å²) in [4.78, 5) is 11.8. The SMILES string of the molecule is O=C1CC2CC(C3CC3)C(C1)N2S(=O)(=O)c1ccc(C(F)(F)F)cc1. The van der Waals surface area contributed by atoms with E-state index < -0.39 is 21.8 Å².